The Labute approximate surface area is 164 Å². The van der Waals surface area contributed by atoms with Crippen LogP contribution in [0.5, 0.6) is 0 Å². The van der Waals surface area contributed by atoms with Crippen molar-refractivity contribution in [3.63, 3.8) is 0 Å². The number of hydrogen-bond donors (Lipinski definition) is 1. The number of carbonyl (C=O) groups excluding carboxylic acids is 1. The Morgan fingerprint density at radius 1 is 1.11 bits per heavy atom. The molecule has 146 valence electrons. The average molecular weight is 380 g/mol. The quantitative estimate of drug-likeness (QED) is 0.623. The van der Waals surface area contributed by atoms with Crippen molar-refractivity contribution in [2.24, 2.45) is 0 Å². The normalized spacial score (nSPS) is 13.9. The van der Waals surface area contributed by atoms with E-state index in [0.29, 0.717) is 31.9 Å². The highest BCUT2D eigenvalue weighted by Gasteiger charge is 2.27. The van der Waals surface area contributed by atoms with Gasteiger partial charge >= 0.3 is 12.1 Å². The number of benzene rings is 2. The molecule has 0 saturated heterocycles. The number of nitrogens with zero attached hydrogens (tertiary/aromatic N) is 2. The monoisotopic (exact) mass is 380 g/mol. The van der Waals surface area contributed by atoms with Gasteiger partial charge in [0.15, 0.2) is 0 Å². The van der Waals surface area contributed by atoms with Gasteiger partial charge in [0, 0.05) is 25.7 Å². The van der Waals surface area contributed by atoms with Crippen molar-refractivity contribution >= 4 is 29.0 Å². The maximum absolute atomic E-state index is 11.7. The van der Waals surface area contributed by atoms with Crippen LogP contribution in [0.1, 0.15) is 25.0 Å². The summed E-state index contributed by atoms with van der Waals surface area (Å²) < 4.78 is 4.96. The first-order valence-corrected chi connectivity index (χ1v) is 9.28. The molecule has 0 bridgehead atoms. The topological polar surface area (TPSA) is 70.1 Å². The van der Waals surface area contributed by atoms with E-state index in [2.05, 4.69) is 17.0 Å². The van der Waals surface area contributed by atoms with Crippen LogP contribution in [0.25, 0.3) is 5.57 Å². The molecule has 2 aromatic carbocycles. The number of carboxylic acid groups (broad SMARTS) is 1. The fourth-order valence-corrected chi connectivity index (χ4v) is 3.32. The molecule has 1 N–H and O–H groups in total. The van der Waals surface area contributed by atoms with E-state index in [1.807, 2.05) is 43.3 Å². The summed E-state index contributed by atoms with van der Waals surface area (Å²) in [4.78, 5) is 27.0. The molecule has 1 aliphatic rings. The second-order valence-electron chi connectivity index (χ2n) is 6.62. The predicted molar refractivity (Wildman–Crippen MR) is 110 cm³/mol. The van der Waals surface area contributed by atoms with Crippen LogP contribution >= 0.6 is 0 Å². The first kappa shape index (κ1) is 19.5. The SMILES string of the molecule is CCOC(=O)C=C(C)c1ccc2c(c1)N(C(=O)O)CCN2Cc1ccccc1. The van der Waals surface area contributed by atoms with Gasteiger partial charge in [0.2, 0.25) is 0 Å². The Bertz CT molecular complexity index is 893. The van der Waals surface area contributed by atoms with E-state index >= 15 is 0 Å². The summed E-state index contributed by atoms with van der Waals surface area (Å²) in [6, 6.07) is 15.7. The second kappa shape index (κ2) is 8.61. The third kappa shape index (κ3) is 4.34. The van der Waals surface area contributed by atoms with E-state index in [4.69, 9.17) is 4.74 Å². The summed E-state index contributed by atoms with van der Waals surface area (Å²) in [6.07, 6.45) is 0.450. The molecule has 0 spiro atoms. The number of allylic oxidation sites excluding steroid dienone is 1. The zero-order valence-corrected chi connectivity index (χ0v) is 16.1. The molecule has 0 atom stereocenters. The van der Waals surface area contributed by atoms with Gasteiger partial charge in [0.25, 0.3) is 0 Å². The predicted octanol–water partition coefficient (Wildman–Crippen LogP) is 4.16. The molecule has 0 unspecified atom stereocenters. The number of anilines is 2. The minimum atomic E-state index is -0.982. The second-order valence-corrected chi connectivity index (χ2v) is 6.62. The van der Waals surface area contributed by atoms with E-state index in [-0.39, 0.29) is 0 Å². The van der Waals surface area contributed by atoms with Crippen molar-refractivity contribution in [2.45, 2.75) is 20.4 Å². The van der Waals surface area contributed by atoms with Crippen LogP contribution in [0.2, 0.25) is 0 Å². The van der Waals surface area contributed by atoms with Crippen molar-refractivity contribution < 1.29 is 19.4 Å². The highest BCUT2D eigenvalue weighted by Crippen LogP contribution is 2.36. The maximum atomic E-state index is 11.7. The molecule has 6 heteroatoms. The molecule has 0 fully saturated rings. The fourth-order valence-electron chi connectivity index (χ4n) is 3.32. The van der Waals surface area contributed by atoms with Gasteiger partial charge in [-0.3, -0.25) is 4.90 Å². The molecule has 1 amide bonds. The first-order chi connectivity index (χ1) is 13.5. The van der Waals surface area contributed by atoms with Crippen LogP contribution in [-0.2, 0) is 16.1 Å². The first-order valence-electron chi connectivity index (χ1n) is 9.28. The van der Waals surface area contributed by atoms with E-state index in [1.165, 1.54) is 16.5 Å². The summed E-state index contributed by atoms with van der Waals surface area (Å²) >= 11 is 0. The lowest BCUT2D eigenvalue weighted by atomic mass is 10.0. The fraction of sp³-hybridized carbons (Fsp3) is 0.273. The van der Waals surface area contributed by atoms with Gasteiger partial charge in [-0.05, 0) is 42.7 Å². The number of ether oxygens (including phenoxy) is 1. The summed E-state index contributed by atoms with van der Waals surface area (Å²) in [5.74, 6) is -0.404. The molecule has 2 aromatic rings. The number of esters is 1. The minimum absolute atomic E-state index is 0.314. The number of rotatable bonds is 5. The highest BCUT2D eigenvalue weighted by atomic mass is 16.5. The largest absolute Gasteiger partial charge is 0.465 e. The summed E-state index contributed by atoms with van der Waals surface area (Å²) in [6.45, 7) is 5.59. The van der Waals surface area contributed by atoms with Gasteiger partial charge in [0.1, 0.15) is 0 Å². The van der Waals surface area contributed by atoms with Crippen molar-refractivity contribution in [3.8, 4) is 0 Å². The summed E-state index contributed by atoms with van der Waals surface area (Å²) in [5, 5.41) is 9.62. The Morgan fingerprint density at radius 2 is 1.86 bits per heavy atom. The number of hydrogen-bond acceptors (Lipinski definition) is 4. The third-order valence-electron chi connectivity index (χ3n) is 4.72. The number of fused-ring (bicyclic) bond motifs is 1. The Balaban J connectivity index is 1.94. The van der Waals surface area contributed by atoms with Gasteiger partial charge in [-0.15, -0.1) is 0 Å². The zero-order valence-electron chi connectivity index (χ0n) is 16.1. The van der Waals surface area contributed by atoms with Crippen LogP contribution in [0.15, 0.2) is 54.6 Å². The van der Waals surface area contributed by atoms with Crippen LogP contribution in [0, 0.1) is 0 Å². The van der Waals surface area contributed by atoms with E-state index in [9.17, 15) is 14.7 Å². The van der Waals surface area contributed by atoms with Crippen molar-refractivity contribution in [1.29, 1.82) is 0 Å². The molecular formula is C22H24N2O4. The molecule has 0 saturated carbocycles. The van der Waals surface area contributed by atoms with Crippen LogP contribution in [0.3, 0.4) is 0 Å². The van der Waals surface area contributed by atoms with E-state index < -0.39 is 12.1 Å². The van der Waals surface area contributed by atoms with Crippen LogP contribution in [0.4, 0.5) is 16.2 Å². The zero-order chi connectivity index (χ0) is 20.1. The standard InChI is InChI=1S/C22H24N2O4/c1-3-28-21(25)13-16(2)18-9-10-19-20(14-18)24(22(26)27)12-11-23(19)15-17-7-5-4-6-8-17/h4-10,13-14H,3,11-12,15H2,1-2H3,(H,26,27). The molecule has 0 aliphatic carbocycles. The lowest BCUT2D eigenvalue weighted by molar-refractivity contribution is -0.137. The molecule has 1 aliphatic heterocycles. The molecule has 28 heavy (non-hydrogen) atoms. The van der Waals surface area contributed by atoms with Gasteiger partial charge in [0.05, 0.1) is 18.0 Å². The highest BCUT2D eigenvalue weighted by molar-refractivity contribution is 5.95. The Morgan fingerprint density at radius 3 is 2.54 bits per heavy atom. The van der Waals surface area contributed by atoms with Crippen LogP contribution < -0.4 is 9.80 Å². The minimum Gasteiger partial charge on any atom is -0.465 e. The molecule has 1 heterocycles. The summed E-state index contributed by atoms with van der Waals surface area (Å²) in [7, 11) is 0. The Kier molecular flexibility index (Phi) is 5.99. The smallest absolute Gasteiger partial charge is 0.411 e. The van der Waals surface area contributed by atoms with E-state index in [1.54, 1.807) is 6.92 Å². The third-order valence-corrected chi connectivity index (χ3v) is 4.72. The number of carbonyl (C=O) groups is 2. The van der Waals surface area contributed by atoms with Crippen molar-refractivity contribution in [3.05, 3.63) is 65.7 Å². The van der Waals surface area contributed by atoms with Crippen molar-refractivity contribution in [1.82, 2.24) is 0 Å². The van der Waals surface area contributed by atoms with Crippen molar-refractivity contribution in [2.75, 3.05) is 29.5 Å². The summed E-state index contributed by atoms with van der Waals surface area (Å²) in [5.41, 5.74) is 4.18. The lowest BCUT2D eigenvalue weighted by Gasteiger charge is -2.37. The van der Waals surface area contributed by atoms with Gasteiger partial charge in [-0.2, -0.15) is 0 Å². The molecule has 0 radical (unpaired) electrons. The molecule has 3 rings (SSSR count). The Hall–Kier alpha value is -3.28. The maximum Gasteiger partial charge on any atom is 0.411 e. The van der Waals surface area contributed by atoms with Gasteiger partial charge < -0.3 is 14.7 Å². The van der Waals surface area contributed by atoms with Gasteiger partial charge in [-0.25, -0.2) is 9.59 Å². The molecular weight excluding hydrogens is 356 g/mol. The van der Waals surface area contributed by atoms with E-state index in [0.717, 1.165) is 16.8 Å². The molecule has 0 aromatic heterocycles. The molecule has 6 nitrogen and oxygen atoms in total. The lowest BCUT2D eigenvalue weighted by Crippen LogP contribution is -2.43. The van der Waals surface area contributed by atoms with Crippen LogP contribution in [-0.4, -0.2) is 36.9 Å². The van der Waals surface area contributed by atoms with Gasteiger partial charge in [-0.1, -0.05) is 36.4 Å². The average Bonchev–Trinajstić information content (AvgIpc) is 2.68. The number of amides is 1.